The number of benzene rings is 1. The molecule has 0 bridgehead atoms. The van der Waals surface area contributed by atoms with Gasteiger partial charge < -0.3 is 9.47 Å². The van der Waals surface area contributed by atoms with Gasteiger partial charge in [-0.05, 0) is 18.1 Å². The Balaban J connectivity index is 1.69. The molecule has 0 aliphatic carbocycles. The van der Waals surface area contributed by atoms with Gasteiger partial charge in [-0.2, -0.15) is 0 Å². The van der Waals surface area contributed by atoms with E-state index in [0.29, 0.717) is 6.61 Å². The minimum Gasteiger partial charge on any atom is -0.379 e. The average Bonchev–Trinajstić information content (AvgIpc) is 2.91. The minimum atomic E-state index is -0.0000173. The molecule has 1 heterocycles. The normalized spacial score (nSPS) is 23.2. The van der Waals surface area contributed by atoms with Gasteiger partial charge in [-0.3, -0.25) is 5.32 Å². The summed E-state index contributed by atoms with van der Waals surface area (Å²) in [5.41, 5.74) is 1.19. The molecule has 104 valence electrons. The molecule has 3 nitrogen and oxygen atoms in total. The van der Waals surface area contributed by atoms with Crippen molar-refractivity contribution in [2.24, 2.45) is 0 Å². The van der Waals surface area contributed by atoms with Crippen molar-refractivity contribution in [3.63, 3.8) is 0 Å². The van der Waals surface area contributed by atoms with Crippen LogP contribution in [-0.2, 0) is 9.47 Å². The highest BCUT2D eigenvalue weighted by Crippen LogP contribution is 2.09. The highest BCUT2D eigenvalue weighted by molar-refractivity contribution is 5.49. The molecule has 1 N–H and O–H groups in total. The van der Waals surface area contributed by atoms with Crippen molar-refractivity contribution in [3.8, 4) is 0 Å². The largest absolute Gasteiger partial charge is 0.379 e. The third-order valence-corrected chi connectivity index (χ3v) is 3.09. The SMILES string of the molecule is CCCCOCC1CNC(/C=C/c2ccccc2)O1. The van der Waals surface area contributed by atoms with Gasteiger partial charge in [0.15, 0.2) is 0 Å². The minimum absolute atomic E-state index is 0.0000173. The first kappa shape index (κ1) is 14.3. The van der Waals surface area contributed by atoms with Crippen LogP contribution in [0.15, 0.2) is 36.4 Å². The predicted molar refractivity (Wildman–Crippen MR) is 77.9 cm³/mol. The van der Waals surface area contributed by atoms with Gasteiger partial charge in [0.1, 0.15) is 6.23 Å². The lowest BCUT2D eigenvalue weighted by atomic mass is 10.2. The van der Waals surface area contributed by atoms with Crippen molar-refractivity contribution in [1.29, 1.82) is 0 Å². The van der Waals surface area contributed by atoms with Gasteiger partial charge in [0.25, 0.3) is 0 Å². The summed E-state index contributed by atoms with van der Waals surface area (Å²) < 4.78 is 11.4. The lowest BCUT2D eigenvalue weighted by Crippen LogP contribution is -2.20. The molecule has 1 aliphatic rings. The number of ether oxygens (including phenoxy) is 2. The van der Waals surface area contributed by atoms with Gasteiger partial charge in [-0.1, -0.05) is 49.8 Å². The van der Waals surface area contributed by atoms with E-state index >= 15 is 0 Å². The van der Waals surface area contributed by atoms with E-state index in [1.165, 1.54) is 12.0 Å². The summed E-state index contributed by atoms with van der Waals surface area (Å²) in [6.07, 6.45) is 6.60. The quantitative estimate of drug-likeness (QED) is 0.766. The average molecular weight is 261 g/mol. The second-order valence-electron chi connectivity index (χ2n) is 4.79. The summed E-state index contributed by atoms with van der Waals surface area (Å²) in [4.78, 5) is 0. The first-order chi connectivity index (χ1) is 9.38. The van der Waals surface area contributed by atoms with Crippen LogP contribution in [0.3, 0.4) is 0 Å². The summed E-state index contributed by atoms with van der Waals surface area (Å²) in [6, 6.07) is 10.2. The Bertz CT molecular complexity index is 378. The molecule has 3 heteroatoms. The maximum absolute atomic E-state index is 5.84. The number of nitrogens with one attached hydrogen (secondary N) is 1. The van der Waals surface area contributed by atoms with Crippen LogP contribution in [-0.4, -0.2) is 32.1 Å². The van der Waals surface area contributed by atoms with Crippen LogP contribution in [0.4, 0.5) is 0 Å². The van der Waals surface area contributed by atoms with Crippen molar-refractivity contribution < 1.29 is 9.47 Å². The van der Waals surface area contributed by atoms with E-state index in [9.17, 15) is 0 Å². The topological polar surface area (TPSA) is 30.5 Å². The maximum Gasteiger partial charge on any atom is 0.128 e. The summed E-state index contributed by atoms with van der Waals surface area (Å²) in [5.74, 6) is 0. The molecule has 2 unspecified atom stereocenters. The van der Waals surface area contributed by atoms with Crippen LogP contribution in [0.1, 0.15) is 25.3 Å². The maximum atomic E-state index is 5.84. The Hall–Kier alpha value is -1.16. The zero-order chi connectivity index (χ0) is 13.3. The Morgan fingerprint density at radius 2 is 2.21 bits per heavy atom. The van der Waals surface area contributed by atoms with E-state index < -0.39 is 0 Å². The molecule has 1 fully saturated rings. The first-order valence-electron chi connectivity index (χ1n) is 7.08. The van der Waals surface area contributed by atoms with Gasteiger partial charge in [-0.25, -0.2) is 0 Å². The van der Waals surface area contributed by atoms with Gasteiger partial charge in [-0.15, -0.1) is 0 Å². The number of unbranched alkanes of at least 4 members (excludes halogenated alkanes) is 1. The predicted octanol–water partition coefficient (Wildman–Crippen LogP) is 2.83. The molecule has 2 rings (SSSR count). The molecule has 0 spiro atoms. The third kappa shape index (κ3) is 5.15. The molecule has 1 aromatic carbocycles. The number of rotatable bonds is 7. The Morgan fingerprint density at radius 1 is 1.37 bits per heavy atom. The highest BCUT2D eigenvalue weighted by Gasteiger charge is 2.22. The Morgan fingerprint density at radius 3 is 3.00 bits per heavy atom. The van der Waals surface area contributed by atoms with Crippen LogP contribution in [0.2, 0.25) is 0 Å². The second kappa shape index (κ2) is 8.10. The fourth-order valence-electron chi connectivity index (χ4n) is 1.99. The van der Waals surface area contributed by atoms with Gasteiger partial charge >= 0.3 is 0 Å². The van der Waals surface area contributed by atoms with Crippen LogP contribution in [0.5, 0.6) is 0 Å². The molecule has 1 aromatic rings. The van der Waals surface area contributed by atoms with Crippen LogP contribution in [0.25, 0.3) is 6.08 Å². The lowest BCUT2D eigenvalue weighted by molar-refractivity contribution is 0.000346. The van der Waals surface area contributed by atoms with Gasteiger partial charge in [0, 0.05) is 13.2 Å². The van der Waals surface area contributed by atoms with E-state index in [1.807, 2.05) is 18.2 Å². The molecule has 2 atom stereocenters. The van der Waals surface area contributed by atoms with E-state index in [2.05, 4.69) is 36.5 Å². The van der Waals surface area contributed by atoms with Crippen molar-refractivity contribution >= 4 is 6.08 Å². The second-order valence-corrected chi connectivity index (χ2v) is 4.79. The summed E-state index contributed by atoms with van der Waals surface area (Å²) in [7, 11) is 0. The van der Waals surface area contributed by atoms with Crippen molar-refractivity contribution in [2.75, 3.05) is 19.8 Å². The highest BCUT2D eigenvalue weighted by atomic mass is 16.6. The lowest BCUT2D eigenvalue weighted by Gasteiger charge is -2.10. The van der Waals surface area contributed by atoms with Crippen molar-refractivity contribution in [3.05, 3.63) is 42.0 Å². The molecule has 0 amide bonds. The number of hydrogen-bond acceptors (Lipinski definition) is 3. The van der Waals surface area contributed by atoms with Gasteiger partial charge in [0.05, 0.1) is 12.7 Å². The standard InChI is InChI=1S/C16H23NO2/c1-2-3-11-18-13-15-12-17-16(19-15)10-9-14-7-5-4-6-8-14/h4-10,15-17H,2-3,11-13H2,1H3/b10-9+. The molecule has 0 radical (unpaired) electrons. The van der Waals surface area contributed by atoms with E-state index in [-0.39, 0.29) is 12.3 Å². The molecular weight excluding hydrogens is 238 g/mol. The molecule has 19 heavy (non-hydrogen) atoms. The Kier molecular flexibility index (Phi) is 6.08. The van der Waals surface area contributed by atoms with Gasteiger partial charge in [0.2, 0.25) is 0 Å². The summed E-state index contributed by atoms with van der Waals surface area (Å²) in [5, 5.41) is 3.33. The van der Waals surface area contributed by atoms with Crippen LogP contribution >= 0.6 is 0 Å². The van der Waals surface area contributed by atoms with Crippen molar-refractivity contribution in [2.45, 2.75) is 32.1 Å². The van der Waals surface area contributed by atoms with Crippen LogP contribution < -0.4 is 5.32 Å². The smallest absolute Gasteiger partial charge is 0.128 e. The zero-order valence-electron chi connectivity index (χ0n) is 11.5. The molecular formula is C16H23NO2. The summed E-state index contributed by atoms with van der Waals surface area (Å²) >= 11 is 0. The monoisotopic (exact) mass is 261 g/mol. The Labute approximate surface area is 115 Å². The molecule has 1 aliphatic heterocycles. The first-order valence-corrected chi connectivity index (χ1v) is 7.08. The van der Waals surface area contributed by atoms with Crippen molar-refractivity contribution in [1.82, 2.24) is 5.32 Å². The molecule has 1 saturated heterocycles. The zero-order valence-corrected chi connectivity index (χ0v) is 11.5. The number of hydrogen-bond donors (Lipinski definition) is 1. The molecule has 0 aromatic heterocycles. The van der Waals surface area contributed by atoms with E-state index in [0.717, 1.165) is 19.6 Å². The summed E-state index contributed by atoms with van der Waals surface area (Å²) in [6.45, 7) is 4.54. The fraction of sp³-hybridized carbons (Fsp3) is 0.500. The van der Waals surface area contributed by atoms with E-state index in [1.54, 1.807) is 0 Å². The molecule has 0 saturated carbocycles. The third-order valence-electron chi connectivity index (χ3n) is 3.09. The van der Waals surface area contributed by atoms with E-state index in [4.69, 9.17) is 9.47 Å². The fourth-order valence-corrected chi connectivity index (χ4v) is 1.99. The van der Waals surface area contributed by atoms with Crippen LogP contribution in [0, 0.1) is 0 Å².